The fourth-order valence-corrected chi connectivity index (χ4v) is 1.87. The van der Waals surface area contributed by atoms with Crippen molar-refractivity contribution in [2.24, 2.45) is 0 Å². The van der Waals surface area contributed by atoms with Crippen molar-refractivity contribution in [3.63, 3.8) is 0 Å². The van der Waals surface area contributed by atoms with Crippen molar-refractivity contribution in [2.45, 2.75) is 45.4 Å². The summed E-state index contributed by atoms with van der Waals surface area (Å²) < 4.78 is 5.45. The van der Waals surface area contributed by atoms with E-state index >= 15 is 0 Å². The number of anilines is 1. The van der Waals surface area contributed by atoms with E-state index in [2.05, 4.69) is 17.2 Å². The number of rotatable bonds is 10. The number of nitrogens with one attached hydrogen (secondary N) is 1. The van der Waals surface area contributed by atoms with Crippen LogP contribution in [-0.2, 0) is 0 Å². The first kappa shape index (κ1) is 16.2. The minimum Gasteiger partial charge on any atom is -0.473 e. The molecule has 0 spiro atoms. The summed E-state index contributed by atoms with van der Waals surface area (Å²) in [5, 5.41) is 13.7. The first-order chi connectivity index (χ1) is 9.69. The third-order valence-corrected chi connectivity index (χ3v) is 3.03. The zero-order chi connectivity index (χ0) is 14.8. The van der Waals surface area contributed by atoms with Crippen LogP contribution in [0.3, 0.4) is 0 Å². The molecule has 1 rings (SSSR count). The van der Waals surface area contributed by atoms with Gasteiger partial charge >= 0.3 is 5.69 Å². The van der Waals surface area contributed by atoms with Crippen LogP contribution >= 0.6 is 0 Å². The highest BCUT2D eigenvalue weighted by Gasteiger charge is 2.17. The smallest absolute Gasteiger partial charge is 0.331 e. The van der Waals surface area contributed by atoms with Gasteiger partial charge in [0, 0.05) is 13.1 Å². The molecule has 1 N–H and O–H groups in total. The number of nitrogens with zero attached hydrogens (tertiary/aromatic N) is 2. The van der Waals surface area contributed by atoms with Crippen LogP contribution in [0.1, 0.15) is 45.4 Å². The van der Waals surface area contributed by atoms with E-state index in [4.69, 9.17) is 4.74 Å². The van der Waals surface area contributed by atoms with Crippen molar-refractivity contribution in [1.29, 1.82) is 0 Å². The van der Waals surface area contributed by atoms with Gasteiger partial charge in [-0.25, -0.2) is 0 Å². The molecule has 0 saturated heterocycles. The van der Waals surface area contributed by atoms with Crippen molar-refractivity contribution in [3.8, 4) is 5.88 Å². The lowest BCUT2D eigenvalue weighted by Gasteiger charge is -2.07. The standard InChI is InChI=1S/C14H23N3O3/c1-3-4-5-6-7-8-11-20-14-12(17(18)19)9-10-13(15-2)16-14/h9-10H,3-8,11H2,1-2H3,(H,15,16). The fourth-order valence-electron chi connectivity index (χ4n) is 1.87. The second-order valence-corrected chi connectivity index (χ2v) is 4.64. The number of aromatic nitrogens is 1. The molecule has 6 heteroatoms. The molecule has 0 saturated carbocycles. The maximum Gasteiger partial charge on any atom is 0.331 e. The Morgan fingerprint density at radius 2 is 1.95 bits per heavy atom. The molecule has 1 aromatic heterocycles. The summed E-state index contributed by atoms with van der Waals surface area (Å²) in [4.78, 5) is 14.5. The maximum atomic E-state index is 10.9. The molecule has 112 valence electrons. The van der Waals surface area contributed by atoms with E-state index in [-0.39, 0.29) is 11.6 Å². The third kappa shape index (κ3) is 5.42. The highest BCUT2D eigenvalue weighted by atomic mass is 16.6. The Labute approximate surface area is 119 Å². The van der Waals surface area contributed by atoms with Crippen molar-refractivity contribution in [2.75, 3.05) is 19.0 Å². The lowest BCUT2D eigenvalue weighted by atomic mass is 10.1. The SMILES string of the molecule is CCCCCCCCOc1nc(NC)ccc1[N+](=O)[O-]. The molecular formula is C14H23N3O3. The summed E-state index contributed by atoms with van der Waals surface area (Å²) >= 11 is 0. The monoisotopic (exact) mass is 281 g/mol. The van der Waals surface area contributed by atoms with Crippen LogP contribution < -0.4 is 10.1 Å². The van der Waals surface area contributed by atoms with E-state index in [1.807, 2.05) is 0 Å². The average molecular weight is 281 g/mol. The quantitative estimate of drug-likeness (QED) is 0.401. The molecule has 1 aromatic rings. The fraction of sp³-hybridized carbons (Fsp3) is 0.643. The van der Waals surface area contributed by atoms with Crippen molar-refractivity contribution >= 4 is 11.5 Å². The molecular weight excluding hydrogens is 258 g/mol. The van der Waals surface area contributed by atoms with Gasteiger partial charge < -0.3 is 10.1 Å². The normalized spacial score (nSPS) is 10.3. The molecule has 0 aliphatic carbocycles. The van der Waals surface area contributed by atoms with E-state index in [1.165, 1.54) is 31.7 Å². The molecule has 20 heavy (non-hydrogen) atoms. The number of ether oxygens (including phenoxy) is 1. The summed E-state index contributed by atoms with van der Waals surface area (Å²) in [6, 6.07) is 2.98. The van der Waals surface area contributed by atoms with Gasteiger partial charge in [-0.2, -0.15) is 4.98 Å². The summed E-state index contributed by atoms with van der Waals surface area (Å²) in [6.07, 6.45) is 6.89. The van der Waals surface area contributed by atoms with E-state index in [9.17, 15) is 10.1 Å². The Balaban J connectivity index is 2.43. The molecule has 0 aliphatic heterocycles. The van der Waals surface area contributed by atoms with E-state index in [1.54, 1.807) is 13.1 Å². The predicted molar refractivity (Wildman–Crippen MR) is 79.3 cm³/mol. The molecule has 0 aliphatic rings. The minimum absolute atomic E-state index is 0.0880. The third-order valence-electron chi connectivity index (χ3n) is 3.03. The maximum absolute atomic E-state index is 10.9. The van der Waals surface area contributed by atoms with Gasteiger partial charge in [0.1, 0.15) is 5.82 Å². The number of nitro groups is 1. The zero-order valence-corrected chi connectivity index (χ0v) is 12.2. The lowest BCUT2D eigenvalue weighted by molar-refractivity contribution is -0.386. The van der Waals surface area contributed by atoms with Gasteiger partial charge in [0.25, 0.3) is 5.88 Å². The first-order valence-electron chi connectivity index (χ1n) is 7.15. The van der Waals surface area contributed by atoms with Gasteiger partial charge in [-0.1, -0.05) is 39.0 Å². The zero-order valence-electron chi connectivity index (χ0n) is 12.2. The highest BCUT2D eigenvalue weighted by molar-refractivity contribution is 5.48. The average Bonchev–Trinajstić information content (AvgIpc) is 2.45. The lowest BCUT2D eigenvalue weighted by Crippen LogP contribution is -2.04. The van der Waals surface area contributed by atoms with Gasteiger partial charge in [-0.3, -0.25) is 10.1 Å². The molecule has 0 bridgehead atoms. The van der Waals surface area contributed by atoms with Crippen LogP contribution in [-0.4, -0.2) is 23.6 Å². The van der Waals surface area contributed by atoms with Crippen molar-refractivity contribution in [1.82, 2.24) is 4.98 Å². The summed E-state index contributed by atoms with van der Waals surface area (Å²) in [5.74, 6) is 0.656. The molecule has 0 aromatic carbocycles. The second kappa shape index (κ2) is 9.12. The minimum atomic E-state index is -0.469. The molecule has 1 heterocycles. The highest BCUT2D eigenvalue weighted by Crippen LogP contribution is 2.26. The molecule has 0 unspecified atom stereocenters. The second-order valence-electron chi connectivity index (χ2n) is 4.64. The molecule has 0 radical (unpaired) electrons. The molecule has 0 fully saturated rings. The van der Waals surface area contributed by atoms with Crippen LogP contribution in [0.4, 0.5) is 11.5 Å². The number of unbranched alkanes of at least 4 members (excludes halogenated alkanes) is 5. The Kier molecular flexibility index (Phi) is 7.39. The van der Waals surface area contributed by atoms with Crippen LogP contribution in [0.15, 0.2) is 12.1 Å². The summed E-state index contributed by atoms with van der Waals surface area (Å²) in [7, 11) is 1.71. The van der Waals surface area contributed by atoms with Crippen LogP contribution in [0.2, 0.25) is 0 Å². The molecule has 0 atom stereocenters. The Bertz CT molecular complexity index is 424. The first-order valence-corrected chi connectivity index (χ1v) is 7.15. The van der Waals surface area contributed by atoms with E-state index in [0.29, 0.717) is 12.4 Å². The Hall–Kier alpha value is -1.85. The summed E-state index contributed by atoms with van der Waals surface area (Å²) in [6.45, 7) is 2.65. The van der Waals surface area contributed by atoms with E-state index < -0.39 is 4.92 Å². The molecule has 0 amide bonds. The van der Waals surface area contributed by atoms with Gasteiger partial charge in [0.2, 0.25) is 0 Å². The summed E-state index contributed by atoms with van der Waals surface area (Å²) in [5.41, 5.74) is -0.0880. The number of hydrogen-bond acceptors (Lipinski definition) is 5. The van der Waals surface area contributed by atoms with Crippen LogP contribution in [0.25, 0.3) is 0 Å². The van der Waals surface area contributed by atoms with Gasteiger partial charge in [0.05, 0.1) is 11.5 Å². The Morgan fingerprint density at radius 1 is 1.25 bits per heavy atom. The van der Waals surface area contributed by atoms with E-state index in [0.717, 1.165) is 12.8 Å². The Morgan fingerprint density at radius 3 is 2.60 bits per heavy atom. The molecule has 6 nitrogen and oxygen atoms in total. The van der Waals surface area contributed by atoms with Crippen LogP contribution in [0.5, 0.6) is 5.88 Å². The predicted octanol–water partition coefficient (Wildman–Crippen LogP) is 3.77. The number of hydrogen-bond donors (Lipinski definition) is 1. The van der Waals surface area contributed by atoms with Gasteiger partial charge in [-0.15, -0.1) is 0 Å². The van der Waals surface area contributed by atoms with Gasteiger partial charge in [-0.05, 0) is 12.5 Å². The van der Waals surface area contributed by atoms with Crippen molar-refractivity contribution in [3.05, 3.63) is 22.2 Å². The number of pyridine rings is 1. The van der Waals surface area contributed by atoms with Crippen molar-refractivity contribution < 1.29 is 9.66 Å². The van der Waals surface area contributed by atoms with Gasteiger partial charge in [0.15, 0.2) is 0 Å². The van der Waals surface area contributed by atoms with Crippen LogP contribution in [0, 0.1) is 10.1 Å². The topological polar surface area (TPSA) is 77.3 Å². The largest absolute Gasteiger partial charge is 0.473 e.